The van der Waals surface area contributed by atoms with Gasteiger partial charge in [0.25, 0.3) is 11.5 Å². The normalized spacial score (nSPS) is 10.7. The van der Waals surface area contributed by atoms with Crippen LogP contribution in [0, 0.1) is 5.82 Å². The molecule has 1 aromatic carbocycles. The maximum Gasteiger partial charge on any atom is 0.270 e. The fourth-order valence-electron chi connectivity index (χ4n) is 2.38. The Labute approximate surface area is 131 Å². The van der Waals surface area contributed by atoms with Gasteiger partial charge in [0.05, 0.1) is 0 Å². The minimum Gasteiger partial charge on any atom is -0.308 e. The topological polar surface area (TPSA) is 54.7 Å². The van der Waals surface area contributed by atoms with Gasteiger partial charge in [-0.05, 0) is 43.3 Å². The van der Waals surface area contributed by atoms with Gasteiger partial charge in [-0.3, -0.25) is 14.0 Å². The zero-order valence-corrected chi connectivity index (χ0v) is 12.4. The summed E-state index contributed by atoms with van der Waals surface area (Å²) in [6, 6.07) is 10.7. The predicted molar refractivity (Wildman–Crippen MR) is 85.2 cm³/mol. The van der Waals surface area contributed by atoms with Crippen molar-refractivity contribution < 1.29 is 9.18 Å². The monoisotopic (exact) mass is 311 g/mol. The second-order valence-corrected chi connectivity index (χ2v) is 4.93. The zero-order chi connectivity index (χ0) is 16.4. The van der Waals surface area contributed by atoms with Crippen molar-refractivity contribution in [2.45, 2.75) is 6.92 Å². The number of halogens is 1. The molecule has 116 valence electrons. The lowest BCUT2D eigenvalue weighted by Crippen LogP contribution is -2.35. The maximum atomic E-state index is 13.0. The number of amides is 1. The van der Waals surface area contributed by atoms with E-state index in [1.807, 2.05) is 0 Å². The average molecular weight is 311 g/mol. The van der Waals surface area contributed by atoms with E-state index in [0.29, 0.717) is 17.9 Å². The molecule has 0 bridgehead atoms. The van der Waals surface area contributed by atoms with Crippen LogP contribution in [0.25, 0.3) is 5.65 Å². The van der Waals surface area contributed by atoms with Crippen LogP contribution in [-0.2, 0) is 0 Å². The van der Waals surface area contributed by atoms with E-state index in [1.54, 1.807) is 31.3 Å². The smallest absolute Gasteiger partial charge is 0.270 e. The minimum absolute atomic E-state index is 0.0279. The van der Waals surface area contributed by atoms with Gasteiger partial charge >= 0.3 is 0 Å². The van der Waals surface area contributed by atoms with E-state index >= 15 is 0 Å². The molecule has 0 N–H and O–H groups in total. The molecule has 0 unspecified atom stereocenters. The van der Waals surface area contributed by atoms with E-state index in [0.717, 1.165) is 0 Å². The number of fused-ring (bicyclic) bond motifs is 1. The first-order valence-corrected chi connectivity index (χ1v) is 7.15. The van der Waals surface area contributed by atoms with E-state index in [1.165, 1.54) is 39.8 Å². The van der Waals surface area contributed by atoms with E-state index in [2.05, 4.69) is 4.98 Å². The molecular weight excluding hydrogens is 297 g/mol. The Morgan fingerprint density at radius 3 is 2.65 bits per heavy atom. The Morgan fingerprint density at radius 1 is 1.22 bits per heavy atom. The number of hydrogen-bond acceptors (Lipinski definition) is 3. The highest BCUT2D eigenvalue weighted by atomic mass is 19.1. The lowest BCUT2D eigenvalue weighted by atomic mass is 10.2. The number of carbonyl (C=O) groups excluding carboxylic acids is 1. The minimum atomic E-state index is -0.463. The quantitative estimate of drug-likeness (QED) is 0.747. The van der Waals surface area contributed by atoms with Crippen molar-refractivity contribution in [1.82, 2.24) is 9.38 Å². The van der Waals surface area contributed by atoms with Gasteiger partial charge in [0.2, 0.25) is 0 Å². The first-order valence-electron chi connectivity index (χ1n) is 7.15. The van der Waals surface area contributed by atoms with Crippen LogP contribution in [0.15, 0.2) is 59.7 Å². The van der Waals surface area contributed by atoms with Gasteiger partial charge < -0.3 is 4.90 Å². The Bertz CT molecular complexity index is 919. The zero-order valence-electron chi connectivity index (χ0n) is 12.4. The number of hydrogen-bond donors (Lipinski definition) is 0. The molecule has 2 aromatic heterocycles. The lowest BCUT2D eigenvalue weighted by molar-refractivity contribution is 0.0986. The summed E-state index contributed by atoms with van der Waals surface area (Å²) in [5, 5.41) is 0. The molecule has 1 amide bonds. The first kappa shape index (κ1) is 14.9. The number of pyridine rings is 1. The maximum absolute atomic E-state index is 13.0. The number of anilines is 1. The molecule has 0 aliphatic heterocycles. The van der Waals surface area contributed by atoms with Crippen molar-refractivity contribution in [3.05, 3.63) is 76.6 Å². The van der Waals surface area contributed by atoms with E-state index in [4.69, 9.17) is 0 Å². The van der Waals surface area contributed by atoms with E-state index in [9.17, 15) is 14.0 Å². The van der Waals surface area contributed by atoms with Crippen molar-refractivity contribution >= 4 is 17.2 Å². The molecule has 0 saturated heterocycles. The van der Waals surface area contributed by atoms with Crippen molar-refractivity contribution in [2.75, 3.05) is 11.4 Å². The van der Waals surface area contributed by atoms with Gasteiger partial charge in [-0.25, -0.2) is 9.37 Å². The van der Waals surface area contributed by atoms with Gasteiger partial charge in [0, 0.05) is 24.6 Å². The SMILES string of the molecule is CCN(C(=O)c1cnc2ccccn2c1=O)c1ccc(F)cc1. The summed E-state index contributed by atoms with van der Waals surface area (Å²) in [5.41, 5.74) is 0.538. The Balaban J connectivity index is 2.06. The van der Waals surface area contributed by atoms with Crippen molar-refractivity contribution in [2.24, 2.45) is 0 Å². The number of nitrogens with zero attached hydrogens (tertiary/aromatic N) is 3. The fourth-order valence-corrected chi connectivity index (χ4v) is 2.38. The highest BCUT2D eigenvalue weighted by Gasteiger charge is 2.20. The molecule has 3 aromatic rings. The molecule has 6 heteroatoms. The third-order valence-electron chi connectivity index (χ3n) is 3.54. The Hall–Kier alpha value is -3.02. The molecule has 0 fully saturated rings. The predicted octanol–water partition coefficient (Wildman–Crippen LogP) is 2.50. The number of aromatic nitrogens is 2. The van der Waals surface area contributed by atoms with Crippen LogP contribution in [0.1, 0.15) is 17.3 Å². The fraction of sp³-hybridized carbons (Fsp3) is 0.118. The molecule has 0 saturated carbocycles. The van der Waals surface area contributed by atoms with Crippen molar-refractivity contribution in [3.8, 4) is 0 Å². The molecule has 0 aliphatic carbocycles. The molecule has 0 spiro atoms. The largest absolute Gasteiger partial charge is 0.308 e. The second-order valence-electron chi connectivity index (χ2n) is 4.93. The highest BCUT2D eigenvalue weighted by molar-refractivity contribution is 6.05. The molecule has 0 radical (unpaired) electrons. The summed E-state index contributed by atoms with van der Waals surface area (Å²) in [6.07, 6.45) is 2.85. The summed E-state index contributed by atoms with van der Waals surface area (Å²) < 4.78 is 14.4. The van der Waals surface area contributed by atoms with E-state index < -0.39 is 11.5 Å². The van der Waals surface area contributed by atoms with Crippen LogP contribution in [0.4, 0.5) is 10.1 Å². The van der Waals surface area contributed by atoms with Crippen LogP contribution >= 0.6 is 0 Å². The summed E-state index contributed by atoms with van der Waals surface area (Å²) in [6.45, 7) is 2.13. The van der Waals surface area contributed by atoms with Gasteiger partial charge in [0.1, 0.15) is 17.0 Å². The van der Waals surface area contributed by atoms with Crippen LogP contribution in [-0.4, -0.2) is 21.8 Å². The Kier molecular flexibility index (Phi) is 3.89. The third kappa shape index (κ3) is 2.70. The summed E-state index contributed by atoms with van der Waals surface area (Å²) >= 11 is 0. The van der Waals surface area contributed by atoms with E-state index in [-0.39, 0.29) is 11.4 Å². The summed E-state index contributed by atoms with van der Waals surface area (Å²) in [5.74, 6) is -0.848. The molecule has 2 heterocycles. The average Bonchev–Trinajstić information content (AvgIpc) is 2.57. The van der Waals surface area contributed by atoms with Gasteiger partial charge in [-0.2, -0.15) is 0 Å². The third-order valence-corrected chi connectivity index (χ3v) is 3.54. The lowest BCUT2D eigenvalue weighted by Gasteiger charge is -2.20. The van der Waals surface area contributed by atoms with Crippen molar-refractivity contribution in [1.29, 1.82) is 0 Å². The molecule has 3 rings (SSSR count). The van der Waals surface area contributed by atoms with Crippen LogP contribution in [0.3, 0.4) is 0 Å². The van der Waals surface area contributed by atoms with Crippen molar-refractivity contribution in [3.63, 3.8) is 0 Å². The van der Waals surface area contributed by atoms with Crippen LogP contribution in [0.2, 0.25) is 0 Å². The van der Waals surface area contributed by atoms with Crippen LogP contribution < -0.4 is 10.5 Å². The number of carbonyl (C=O) groups is 1. The van der Waals surface area contributed by atoms with Gasteiger partial charge in [-0.1, -0.05) is 6.07 Å². The molecule has 0 aliphatic rings. The first-order chi connectivity index (χ1) is 11.1. The second kappa shape index (κ2) is 6.00. The molecule has 5 nitrogen and oxygen atoms in total. The van der Waals surface area contributed by atoms with Gasteiger partial charge in [0.15, 0.2) is 0 Å². The Morgan fingerprint density at radius 2 is 1.96 bits per heavy atom. The molecule has 0 atom stereocenters. The van der Waals surface area contributed by atoms with Gasteiger partial charge in [-0.15, -0.1) is 0 Å². The number of rotatable bonds is 3. The summed E-state index contributed by atoms with van der Waals surface area (Å²) in [7, 11) is 0. The number of benzene rings is 1. The summed E-state index contributed by atoms with van der Waals surface area (Å²) in [4.78, 5) is 30.7. The standard InChI is InChI=1S/C17H14FN3O2/c1-2-20(13-8-6-12(18)7-9-13)16(22)14-11-19-15-5-3-4-10-21(15)17(14)23/h3-11H,2H2,1H3. The molecule has 23 heavy (non-hydrogen) atoms. The van der Waals surface area contributed by atoms with Crippen LogP contribution in [0.5, 0.6) is 0 Å². The highest BCUT2D eigenvalue weighted by Crippen LogP contribution is 2.16. The molecular formula is C17H14FN3O2.